The van der Waals surface area contributed by atoms with Gasteiger partial charge in [0.25, 0.3) is 0 Å². The topological polar surface area (TPSA) is 62.1 Å². The smallest absolute Gasteiger partial charge is 0.328 e. The molecule has 0 aromatic heterocycles. The van der Waals surface area contributed by atoms with Crippen LogP contribution in [0, 0.1) is 11.3 Å². The molecule has 0 saturated heterocycles. The summed E-state index contributed by atoms with van der Waals surface area (Å²) >= 11 is 0. The van der Waals surface area contributed by atoms with Crippen LogP contribution < -0.4 is 5.32 Å². The average molecular weight is 246 g/mol. The third-order valence-corrected chi connectivity index (χ3v) is 2.58. The van der Waals surface area contributed by atoms with Crippen LogP contribution in [0.1, 0.15) is 25.8 Å². The molecule has 0 aliphatic rings. The Balaban J connectivity index is 2.56. The molecule has 0 radical (unpaired) electrons. The molecule has 0 heterocycles. The fourth-order valence-electron chi connectivity index (χ4n) is 1.58. The first kappa shape index (κ1) is 14.0. The Morgan fingerprint density at radius 1 is 1.50 bits per heavy atom. The number of para-hydroxylation sites is 1. The van der Waals surface area contributed by atoms with E-state index < -0.39 is 6.04 Å². The van der Waals surface area contributed by atoms with E-state index in [-0.39, 0.29) is 19.0 Å². The Bertz CT molecular complexity index is 438. The highest BCUT2D eigenvalue weighted by Gasteiger charge is 2.14. The lowest BCUT2D eigenvalue weighted by Crippen LogP contribution is -2.28. The number of nitriles is 1. The Hall–Kier alpha value is -2.02. The minimum atomic E-state index is -0.420. The fraction of sp³-hybridized carbons (Fsp3) is 0.429. The van der Waals surface area contributed by atoms with Crippen LogP contribution in [-0.2, 0) is 16.0 Å². The number of benzene rings is 1. The summed E-state index contributed by atoms with van der Waals surface area (Å²) in [5, 5.41) is 11.5. The molecule has 1 aromatic carbocycles. The zero-order chi connectivity index (χ0) is 13.4. The van der Waals surface area contributed by atoms with E-state index in [2.05, 4.69) is 12.2 Å². The number of hydrogen-bond acceptors (Lipinski definition) is 4. The highest BCUT2D eigenvalue weighted by atomic mass is 16.5. The van der Waals surface area contributed by atoms with Crippen molar-refractivity contribution in [2.24, 2.45) is 0 Å². The first-order valence-corrected chi connectivity index (χ1v) is 6.07. The van der Waals surface area contributed by atoms with Crippen molar-refractivity contribution in [1.82, 2.24) is 0 Å². The summed E-state index contributed by atoms with van der Waals surface area (Å²) in [6.07, 6.45) is 1.13. The van der Waals surface area contributed by atoms with Gasteiger partial charge in [-0.2, -0.15) is 5.26 Å². The highest BCUT2D eigenvalue weighted by molar-refractivity contribution is 5.79. The van der Waals surface area contributed by atoms with E-state index in [1.54, 1.807) is 6.92 Å². The van der Waals surface area contributed by atoms with Crippen LogP contribution >= 0.6 is 0 Å². The minimum Gasteiger partial charge on any atom is -0.463 e. The van der Waals surface area contributed by atoms with Gasteiger partial charge in [-0.25, -0.2) is 4.79 Å². The monoisotopic (exact) mass is 246 g/mol. The van der Waals surface area contributed by atoms with E-state index in [4.69, 9.17) is 10.00 Å². The number of carbonyl (C=O) groups is 1. The molecule has 1 rings (SSSR count). The molecule has 18 heavy (non-hydrogen) atoms. The molecule has 4 nitrogen and oxygen atoms in total. The average Bonchev–Trinajstić information content (AvgIpc) is 2.39. The van der Waals surface area contributed by atoms with Crippen LogP contribution in [0.15, 0.2) is 24.3 Å². The molecule has 0 unspecified atom stereocenters. The van der Waals surface area contributed by atoms with Crippen molar-refractivity contribution in [2.75, 3.05) is 11.9 Å². The van der Waals surface area contributed by atoms with Crippen molar-refractivity contribution < 1.29 is 9.53 Å². The summed E-state index contributed by atoms with van der Waals surface area (Å²) in [6, 6.07) is 9.38. The summed E-state index contributed by atoms with van der Waals surface area (Å²) in [5.41, 5.74) is 2.11. The molecule has 0 aliphatic heterocycles. The molecule has 0 amide bonds. The van der Waals surface area contributed by atoms with Gasteiger partial charge >= 0.3 is 5.97 Å². The van der Waals surface area contributed by atoms with Crippen molar-refractivity contribution in [3.63, 3.8) is 0 Å². The van der Waals surface area contributed by atoms with Crippen LogP contribution in [0.4, 0.5) is 5.69 Å². The van der Waals surface area contributed by atoms with E-state index >= 15 is 0 Å². The molecule has 1 aromatic rings. The molecule has 1 N–H and O–H groups in total. The van der Waals surface area contributed by atoms with E-state index in [0.717, 1.165) is 17.7 Å². The number of rotatable bonds is 6. The third kappa shape index (κ3) is 4.10. The summed E-state index contributed by atoms with van der Waals surface area (Å²) in [5.74, 6) is -0.337. The van der Waals surface area contributed by atoms with Gasteiger partial charge in [-0.05, 0) is 25.0 Å². The SMILES string of the molecule is CCc1ccccc1N[C@@H](C)C(=O)OCCC#N. The van der Waals surface area contributed by atoms with Crippen molar-refractivity contribution >= 4 is 11.7 Å². The van der Waals surface area contributed by atoms with Crippen LogP contribution in [0.5, 0.6) is 0 Å². The van der Waals surface area contributed by atoms with Crippen molar-refractivity contribution in [2.45, 2.75) is 32.7 Å². The minimum absolute atomic E-state index is 0.150. The molecule has 0 bridgehead atoms. The summed E-state index contributed by atoms with van der Waals surface area (Å²) < 4.78 is 4.97. The van der Waals surface area contributed by atoms with Gasteiger partial charge in [-0.15, -0.1) is 0 Å². The number of ether oxygens (including phenoxy) is 1. The van der Waals surface area contributed by atoms with E-state index in [1.807, 2.05) is 30.3 Å². The Morgan fingerprint density at radius 3 is 2.89 bits per heavy atom. The van der Waals surface area contributed by atoms with Gasteiger partial charge < -0.3 is 10.1 Å². The zero-order valence-electron chi connectivity index (χ0n) is 10.8. The lowest BCUT2D eigenvalue weighted by molar-refractivity contribution is -0.143. The quantitative estimate of drug-likeness (QED) is 0.619. The molecule has 96 valence electrons. The number of hydrogen-bond donors (Lipinski definition) is 1. The number of aryl methyl sites for hydroxylation is 1. The second kappa shape index (κ2) is 7.33. The maximum absolute atomic E-state index is 11.6. The predicted molar refractivity (Wildman–Crippen MR) is 70.1 cm³/mol. The second-order valence-electron chi connectivity index (χ2n) is 3.95. The van der Waals surface area contributed by atoms with Crippen molar-refractivity contribution in [3.05, 3.63) is 29.8 Å². The summed E-state index contributed by atoms with van der Waals surface area (Å²) in [4.78, 5) is 11.6. The molecule has 0 fully saturated rings. The number of esters is 1. The normalized spacial score (nSPS) is 11.4. The highest BCUT2D eigenvalue weighted by Crippen LogP contribution is 2.16. The van der Waals surface area contributed by atoms with Gasteiger partial charge in [0.2, 0.25) is 0 Å². The van der Waals surface area contributed by atoms with Gasteiger partial charge in [0.1, 0.15) is 12.6 Å². The molecule has 0 aliphatic carbocycles. The summed E-state index contributed by atoms with van der Waals surface area (Å²) in [6.45, 7) is 3.97. The van der Waals surface area contributed by atoms with Crippen molar-refractivity contribution in [1.29, 1.82) is 5.26 Å². The standard InChI is InChI=1S/C14H18N2O2/c1-3-12-7-4-5-8-13(12)16-11(2)14(17)18-10-6-9-15/h4-5,7-8,11,16H,3,6,10H2,1-2H3/t11-/m0/s1. The maximum Gasteiger partial charge on any atom is 0.328 e. The Morgan fingerprint density at radius 2 is 2.22 bits per heavy atom. The van der Waals surface area contributed by atoms with Crippen LogP contribution in [0.25, 0.3) is 0 Å². The molecule has 0 saturated carbocycles. The lowest BCUT2D eigenvalue weighted by atomic mass is 10.1. The fourth-order valence-corrected chi connectivity index (χ4v) is 1.58. The Kier molecular flexibility index (Phi) is 5.72. The van der Waals surface area contributed by atoms with Crippen molar-refractivity contribution in [3.8, 4) is 6.07 Å². The lowest BCUT2D eigenvalue weighted by Gasteiger charge is -2.16. The first-order valence-electron chi connectivity index (χ1n) is 6.07. The van der Waals surface area contributed by atoms with E-state index in [1.165, 1.54) is 0 Å². The van der Waals surface area contributed by atoms with Crippen LogP contribution in [-0.4, -0.2) is 18.6 Å². The molecule has 4 heteroatoms. The number of anilines is 1. The Labute approximate surface area is 108 Å². The van der Waals surface area contributed by atoms with Gasteiger partial charge in [0.15, 0.2) is 0 Å². The second-order valence-corrected chi connectivity index (χ2v) is 3.95. The molecular weight excluding hydrogens is 228 g/mol. The molecular formula is C14H18N2O2. The third-order valence-electron chi connectivity index (χ3n) is 2.58. The zero-order valence-corrected chi connectivity index (χ0v) is 10.8. The number of carbonyl (C=O) groups excluding carboxylic acids is 1. The van der Waals surface area contributed by atoms with E-state index in [0.29, 0.717) is 0 Å². The van der Waals surface area contributed by atoms with Gasteiger partial charge in [0, 0.05) is 5.69 Å². The number of nitrogens with zero attached hydrogens (tertiary/aromatic N) is 1. The van der Waals surface area contributed by atoms with Crippen LogP contribution in [0.3, 0.4) is 0 Å². The number of nitrogens with one attached hydrogen (secondary N) is 1. The molecule has 1 atom stereocenters. The molecule has 0 spiro atoms. The van der Waals surface area contributed by atoms with E-state index in [9.17, 15) is 4.79 Å². The maximum atomic E-state index is 11.6. The summed E-state index contributed by atoms with van der Waals surface area (Å²) in [7, 11) is 0. The van der Waals surface area contributed by atoms with Gasteiger partial charge in [-0.3, -0.25) is 0 Å². The van der Waals surface area contributed by atoms with Gasteiger partial charge in [-0.1, -0.05) is 25.1 Å². The van der Waals surface area contributed by atoms with Gasteiger partial charge in [0.05, 0.1) is 12.5 Å². The largest absolute Gasteiger partial charge is 0.463 e. The predicted octanol–water partition coefficient (Wildman–Crippen LogP) is 2.51. The van der Waals surface area contributed by atoms with Crippen LogP contribution in [0.2, 0.25) is 0 Å². The first-order chi connectivity index (χ1) is 8.69.